The number of para-hydroxylation sites is 1. The summed E-state index contributed by atoms with van der Waals surface area (Å²) in [6, 6.07) is 13.3. The van der Waals surface area contributed by atoms with Crippen LogP contribution >= 0.6 is 23.2 Å². The first-order valence-corrected chi connectivity index (χ1v) is 6.20. The topological polar surface area (TPSA) is 9.23 Å². The van der Waals surface area contributed by atoms with E-state index in [1.165, 1.54) is 0 Å². The van der Waals surface area contributed by atoms with Gasteiger partial charge in [0.25, 0.3) is 0 Å². The first-order valence-electron chi connectivity index (χ1n) is 5.28. The van der Waals surface area contributed by atoms with Crippen LogP contribution in [-0.2, 0) is 5.88 Å². The Labute approximate surface area is 111 Å². The van der Waals surface area contributed by atoms with Crippen molar-refractivity contribution in [1.82, 2.24) is 0 Å². The molecule has 1 nitrogen and oxygen atoms in total. The minimum atomic E-state index is 0.433. The van der Waals surface area contributed by atoms with Gasteiger partial charge in [0.2, 0.25) is 0 Å². The lowest BCUT2D eigenvalue weighted by Gasteiger charge is -2.10. The molecule has 88 valence electrons. The predicted molar refractivity (Wildman–Crippen MR) is 72.3 cm³/mol. The lowest BCUT2D eigenvalue weighted by Crippen LogP contribution is -1.89. The van der Waals surface area contributed by atoms with Gasteiger partial charge in [-0.3, -0.25) is 0 Å². The molecule has 0 fully saturated rings. The molecular formula is C14H12Cl2O. The largest absolute Gasteiger partial charge is 0.457 e. The van der Waals surface area contributed by atoms with Gasteiger partial charge in [0, 0.05) is 10.6 Å². The molecule has 2 rings (SSSR count). The van der Waals surface area contributed by atoms with E-state index >= 15 is 0 Å². The molecular weight excluding hydrogens is 255 g/mol. The lowest BCUT2D eigenvalue weighted by atomic mass is 10.2. The van der Waals surface area contributed by atoms with Crippen molar-refractivity contribution in [3.05, 3.63) is 58.6 Å². The highest BCUT2D eigenvalue weighted by Crippen LogP contribution is 2.28. The van der Waals surface area contributed by atoms with E-state index < -0.39 is 0 Å². The van der Waals surface area contributed by atoms with E-state index in [9.17, 15) is 0 Å². The van der Waals surface area contributed by atoms with E-state index in [0.717, 1.165) is 27.6 Å². The number of rotatable bonds is 3. The van der Waals surface area contributed by atoms with E-state index in [1.807, 2.05) is 49.4 Å². The Balaban J connectivity index is 2.28. The quantitative estimate of drug-likeness (QED) is 0.696. The fraction of sp³-hybridized carbons (Fsp3) is 0.143. The Hall–Kier alpha value is -1.18. The van der Waals surface area contributed by atoms with Gasteiger partial charge < -0.3 is 4.74 Å². The van der Waals surface area contributed by atoms with E-state index in [4.69, 9.17) is 27.9 Å². The molecule has 3 heteroatoms. The maximum Gasteiger partial charge on any atom is 0.131 e. The van der Waals surface area contributed by atoms with Gasteiger partial charge >= 0.3 is 0 Å². The predicted octanol–water partition coefficient (Wildman–Crippen LogP) is 5.18. The summed E-state index contributed by atoms with van der Waals surface area (Å²) in [6.45, 7) is 1.95. The van der Waals surface area contributed by atoms with Crippen molar-refractivity contribution in [2.24, 2.45) is 0 Å². The molecule has 0 aromatic heterocycles. The molecule has 0 unspecified atom stereocenters. The smallest absolute Gasteiger partial charge is 0.131 e. The summed E-state index contributed by atoms with van der Waals surface area (Å²) in [4.78, 5) is 0. The van der Waals surface area contributed by atoms with Gasteiger partial charge in [-0.05, 0) is 36.8 Å². The van der Waals surface area contributed by atoms with Crippen LogP contribution < -0.4 is 4.74 Å². The van der Waals surface area contributed by atoms with Crippen molar-refractivity contribution >= 4 is 23.2 Å². The molecule has 2 aromatic rings. The summed E-state index contributed by atoms with van der Waals surface area (Å²) in [6.07, 6.45) is 0. The Kier molecular flexibility index (Phi) is 3.93. The molecule has 0 spiro atoms. The second kappa shape index (κ2) is 5.44. The molecule has 0 heterocycles. The van der Waals surface area contributed by atoms with Crippen molar-refractivity contribution in [3.8, 4) is 11.5 Å². The number of alkyl halides is 1. The van der Waals surface area contributed by atoms with Crippen LogP contribution in [0.2, 0.25) is 5.02 Å². The lowest BCUT2D eigenvalue weighted by molar-refractivity contribution is 0.478. The highest BCUT2D eigenvalue weighted by molar-refractivity contribution is 6.31. The second-order valence-corrected chi connectivity index (χ2v) is 4.43. The van der Waals surface area contributed by atoms with Gasteiger partial charge in [-0.2, -0.15) is 0 Å². The maximum atomic E-state index is 5.97. The maximum absolute atomic E-state index is 5.97. The number of benzene rings is 2. The minimum Gasteiger partial charge on any atom is -0.457 e. The van der Waals surface area contributed by atoms with E-state index in [0.29, 0.717) is 5.88 Å². The fourth-order valence-corrected chi connectivity index (χ4v) is 1.86. The molecule has 0 amide bonds. The van der Waals surface area contributed by atoms with Gasteiger partial charge in [-0.25, -0.2) is 0 Å². The fourth-order valence-electron chi connectivity index (χ4n) is 1.52. The van der Waals surface area contributed by atoms with Crippen LogP contribution in [0.3, 0.4) is 0 Å². The van der Waals surface area contributed by atoms with Crippen molar-refractivity contribution < 1.29 is 4.74 Å². The third-order valence-electron chi connectivity index (χ3n) is 2.47. The second-order valence-electron chi connectivity index (χ2n) is 3.75. The number of hydrogen-bond acceptors (Lipinski definition) is 1. The Bertz CT molecular complexity index is 523. The van der Waals surface area contributed by atoms with Gasteiger partial charge in [-0.15, -0.1) is 11.6 Å². The van der Waals surface area contributed by atoms with Crippen molar-refractivity contribution in [2.45, 2.75) is 12.8 Å². The molecule has 17 heavy (non-hydrogen) atoms. The molecule has 0 saturated carbocycles. The van der Waals surface area contributed by atoms with Gasteiger partial charge in [0.1, 0.15) is 11.5 Å². The average Bonchev–Trinajstić information content (AvgIpc) is 2.34. The van der Waals surface area contributed by atoms with Crippen molar-refractivity contribution in [2.75, 3.05) is 0 Å². The van der Waals surface area contributed by atoms with Crippen LogP contribution in [0.25, 0.3) is 0 Å². The SMILES string of the molecule is Cc1cc(Oc2ccccc2CCl)ccc1Cl. The standard InChI is InChI=1S/C14H12Cl2O/c1-10-8-12(6-7-13(10)16)17-14-5-3-2-4-11(14)9-15/h2-8H,9H2,1H3. The van der Waals surface area contributed by atoms with Crippen molar-refractivity contribution in [1.29, 1.82) is 0 Å². The molecule has 0 bridgehead atoms. The van der Waals surface area contributed by atoms with Gasteiger partial charge in [-0.1, -0.05) is 29.8 Å². The molecule has 0 N–H and O–H groups in total. The minimum absolute atomic E-state index is 0.433. The number of halogens is 2. The molecule has 0 saturated heterocycles. The Morgan fingerprint density at radius 2 is 1.88 bits per heavy atom. The molecule has 0 aliphatic heterocycles. The van der Waals surface area contributed by atoms with Crippen LogP contribution in [0.4, 0.5) is 0 Å². The summed E-state index contributed by atoms with van der Waals surface area (Å²) in [7, 11) is 0. The molecule has 0 atom stereocenters. The van der Waals surface area contributed by atoms with Crippen LogP contribution in [-0.4, -0.2) is 0 Å². The first-order chi connectivity index (χ1) is 8.20. The van der Waals surface area contributed by atoms with Crippen LogP contribution in [0.5, 0.6) is 11.5 Å². The summed E-state index contributed by atoms with van der Waals surface area (Å²) < 4.78 is 5.79. The number of hydrogen-bond donors (Lipinski definition) is 0. The third kappa shape index (κ3) is 2.93. The highest BCUT2D eigenvalue weighted by Gasteiger charge is 2.04. The summed E-state index contributed by atoms with van der Waals surface area (Å²) in [5, 5.41) is 0.739. The zero-order valence-electron chi connectivity index (χ0n) is 9.41. The third-order valence-corrected chi connectivity index (χ3v) is 3.19. The molecule has 0 aliphatic rings. The van der Waals surface area contributed by atoms with Crippen LogP contribution in [0.15, 0.2) is 42.5 Å². The highest BCUT2D eigenvalue weighted by atomic mass is 35.5. The normalized spacial score (nSPS) is 10.3. The summed E-state index contributed by atoms with van der Waals surface area (Å²) in [5.41, 5.74) is 1.97. The van der Waals surface area contributed by atoms with Crippen LogP contribution in [0, 0.1) is 6.92 Å². The number of ether oxygens (including phenoxy) is 1. The van der Waals surface area contributed by atoms with Crippen LogP contribution in [0.1, 0.15) is 11.1 Å². The zero-order chi connectivity index (χ0) is 12.3. The molecule has 0 radical (unpaired) electrons. The molecule has 2 aromatic carbocycles. The van der Waals surface area contributed by atoms with Crippen molar-refractivity contribution in [3.63, 3.8) is 0 Å². The van der Waals surface area contributed by atoms with Gasteiger partial charge in [0.05, 0.1) is 5.88 Å². The van der Waals surface area contributed by atoms with Gasteiger partial charge in [0.15, 0.2) is 0 Å². The summed E-state index contributed by atoms with van der Waals surface area (Å²) >= 11 is 11.8. The zero-order valence-corrected chi connectivity index (χ0v) is 10.9. The number of aryl methyl sites for hydroxylation is 1. The monoisotopic (exact) mass is 266 g/mol. The van der Waals surface area contributed by atoms with E-state index in [2.05, 4.69) is 0 Å². The summed E-state index contributed by atoms with van der Waals surface area (Å²) in [5.74, 6) is 1.98. The Morgan fingerprint density at radius 1 is 1.12 bits per heavy atom. The first kappa shape index (κ1) is 12.3. The van der Waals surface area contributed by atoms with E-state index in [1.54, 1.807) is 0 Å². The van der Waals surface area contributed by atoms with E-state index in [-0.39, 0.29) is 0 Å². The Morgan fingerprint density at radius 3 is 2.59 bits per heavy atom. The average molecular weight is 267 g/mol. The molecule has 0 aliphatic carbocycles.